The molecule has 2 aromatic rings. The summed E-state index contributed by atoms with van der Waals surface area (Å²) in [5, 5.41) is 6.68. The van der Waals surface area contributed by atoms with Crippen molar-refractivity contribution < 1.29 is 4.79 Å². The summed E-state index contributed by atoms with van der Waals surface area (Å²) in [5.74, 6) is -0.0500. The van der Waals surface area contributed by atoms with E-state index in [-0.39, 0.29) is 5.91 Å². The van der Waals surface area contributed by atoms with E-state index in [0.29, 0.717) is 6.54 Å². The highest BCUT2D eigenvalue weighted by Gasteiger charge is 2.24. The summed E-state index contributed by atoms with van der Waals surface area (Å²) in [7, 11) is 0. The van der Waals surface area contributed by atoms with Gasteiger partial charge in [-0.05, 0) is 105 Å². The molecule has 2 N–H and O–H groups in total. The van der Waals surface area contributed by atoms with Crippen LogP contribution in [0.3, 0.4) is 0 Å². The van der Waals surface area contributed by atoms with Crippen molar-refractivity contribution in [2.75, 3.05) is 44.6 Å². The van der Waals surface area contributed by atoms with Gasteiger partial charge in [-0.1, -0.05) is 24.3 Å². The lowest BCUT2D eigenvalue weighted by Crippen LogP contribution is -2.36. The van der Waals surface area contributed by atoms with Crippen LogP contribution in [0.5, 0.6) is 0 Å². The fourth-order valence-corrected chi connectivity index (χ4v) is 5.75. The first kappa shape index (κ1) is 24.8. The van der Waals surface area contributed by atoms with Gasteiger partial charge in [-0.25, -0.2) is 0 Å². The number of carbonyl (C=O) groups excluding carboxylic acids is 1. The number of hydrogen-bond donors (Lipinski definition) is 2. The van der Waals surface area contributed by atoms with Crippen molar-refractivity contribution in [3.63, 3.8) is 0 Å². The minimum Gasteiger partial charge on any atom is -0.381 e. The number of fused-ring (bicyclic) bond motifs is 1. The van der Waals surface area contributed by atoms with Crippen molar-refractivity contribution >= 4 is 17.2 Å². The highest BCUT2D eigenvalue weighted by atomic mass is 16.1. The molecule has 2 saturated heterocycles. The van der Waals surface area contributed by atoms with Crippen molar-refractivity contribution in [2.45, 2.75) is 39.2 Å². The van der Waals surface area contributed by atoms with E-state index in [1.165, 1.54) is 56.6 Å². The monoisotopic (exact) mass is 507 g/mol. The molecule has 6 heteroatoms. The zero-order valence-electron chi connectivity index (χ0n) is 22.3. The molecule has 1 aromatic carbocycles. The number of hydrogen-bond acceptors (Lipinski definition) is 5. The summed E-state index contributed by atoms with van der Waals surface area (Å²) in [4.78, 5) is 23.1. The number of nitrogens with one attached hydrogen (secondary N) is 2. The van der Waals surface area contributed by atoms with Crippen LogP contribution in [0, 0.1) is 0 Å². The number of amides is 1. The highest BCUT2D eigenvalue weighted by Crippen LogP contribution is 2.35. The summed E-state index contributed by atoms with van der Waals surface area (Å²) < 4.78 is 0. The van der Waals surface area contributed by atoms with E-state index in [9.17, 15) is 4.79 Å². The number of pyridine rings is 1. The molecule has 1 amide bonds. The molecule has 38 heavy (non-hydrogen) atoms. The highest BCUT2D eigenvalue weighted by molar-refractivity contribution is 6.23. The van der Waals surface area contributed by atoms with Gasteiger partial charge in [-0.3, -0.25) is 19.6 Å². The summed E-state index contributed by atoms with van der Waals surface area (Å²) in [5.41, 5.74) is 9.32. The third-order valence-electron chi connectivity index (χ3n) is 8.03. The van der Waals surface area contributed by atoms with Gasteiger partial charge in [0.25, 0.3) is 5.91 Å². The minimum atomic E-state index is -0.0500. The Morgan fingerprint density at radius 1 is 0.947 bits per heavy atom. The van der Waals surface area contributed by atoms with Gasteiger partial charge in [0.05, 0.1) is 0 Å². The molecule has 196 valence electrons. The van der Waals surface area contributed by atoms with Crippen molar-refractivity contribution in [1.29, 1.82) is 0 Å². The molecule has 0 atom stereocenters. The standard InChI is InChI=1S/C32H37N5O/c1-23-18-34-30-11-9-26(27-16-25(19-33-20-27)22-37-14-5-15-37)17-29(30)31(23)32(38)35-28-7-4-6-24(8-10-28)21-36-12-2-3-13-36/h6-11,16-17,19-20,34H,2-5,12-15,18,21-22H2,1H3,(H,35,38). The van der Waals surface area contributed by atoms with Crippen LogP contribution in [0.2, 0.25) is 0 Å². The van der Waals surface area contributed by atoms with Gasteiger partial charge in [0.1, 0.15) is 0 Å². The second kappa shape index (κ2) is 11.1. The second-order valence-corrected chi connectivity index (χ2v) is 10.9. The first-order valence-corrected chi connectivity index (χ1v) is 14.0. The summed E-state index contributed by atoms with van der Waals surface area (Å²) in [6, 6.07) is 8.58. The van der Waals surface area contributed by atoms with Gasteiger partial charge in [0.2, 0.25) is 0 Å². The van der Waals surface area contributed by atoms with Crippen molar-refractivity contribution in [3.05, 3.63) is 88.9 Å². The van der Waals surface area contributed by atoms with Crippen LogP contribution in [0.4, 0.5) is 5.69 Å². The maximum atomic E-state index is 13.7. The van der Waals surface area contributed by atoms with Gasteiger partial charge in [-0.2, -0.15) is 0 Å². The van der Waals surface area contributed by atoms with E-state index in [1.54, 1.807) is 0 Å². The van der Waals surface area contributed by atoms with Crippen LogP contribution in [-0.4, -0.2) is 60.0 Å². The van der Waals surface area contributed by atoms with Gasteiger partial charge in [-0.15, -0.1) is 0 Å². The number of benzene rings is 1. The zero-order chi connectivity index (χ0) is 25.9. The smallest absolute Gasteiger partial charge is 0.256 e. The Kier molecular flexibility index (Phi) is 7.25. The summed E-state index contributed by atoms with van der Waals surface area (Å²) in [6.45, 7) is 9.34. The molecule has 0 saturated carbocycles. The molecule has 1 aliphatic carbocycles. The number of allylic oxidation sites excluding steroid dienone is 3. The molecule has 0 spiro atoms. The van der Waals surface area contributed by atoms with Crippen LogP contribution in [0.1, 0.15) is 43.7 Å². The zero-order valence-corrected chi connectivity index (χ0v) is 22.3. The van der Waals surface area contributed by atoms with Crippen LogP contribution in [0.15, 0.2) is 77.8 Å². The quantitative estimate of drug-likeness (QED) is 0.544. The fraction of sp³-hybridized carbons (Fsp3) is 0.375. The number of rotatable bonds is 7. The molecule has 2 fully saturated rings. The van der Waals surface area contributed by atoms with Crippen LogP contribution >= 0.6 is 0 Å². The normalized spacial score (nSPS) is 19.7. The van der Waals surface area contributed by atoms with E-state index >= 15 is 0 Å². The van der Waals surface area contributed by atoms with E-state index in [2.05, 4.69) is 74.0 Å². The molecule has 0 unspecified atom stereocenters. The van der Waals surface area contributed by atoms with E-state index in [1.807, 2.05) is 19.3 Å². The molecular formula is C32H37N5O. The first-order chi connectivity index (χ1) is 18.6. The summed E-state index contributed by atoms with van der Waals surface area (Å²) in [6.07, 6.45) is 17.2. The Labute approximate surface area is 225 Å². The molecule has 0 bridgehead atoms. The molecule has 1 aromatic heterocycles. The third-order valence-corrected chi connectivity index (χ3v) is 8.03. The molecule has 4 aliphatic rings. The summed E-state index contributed by atoms with van der Waals surface area (Å²) >= 11 is 0. The van der Waals surface area contributed by atoms with Gasteiger partial charge < -0.3 is 10.6 Å². The maximum Gasteiger partial charge on any atom is 0.256 e. The Hall–Kier alpha value is -3.48. The lowest BCUT2D eigenvalue weighted by molar-refractivity contribution is -0.114. The van der Waals surface area contributed by atoms with Gasteiger partial charge in [0.15, 0.2) is 0 Å². The molecule has 6 nitrogen and oxygen atoms in total. The third kappa shape index (κ3) is 5.52. The SMILES string of the molecule is CC1=C(C(=O)NC2=CCC=C(CN3CCCC3)C=C2)c2cc(-c3cncc(CN4CCC4)c3)ccc2NC1. The van der Waals surface area contributed by atoms with Crippen molar-refractivity contribution in [2.24, 2.45) is 0 Å². The number of carbonyl (C=O) groups is 1. The number of anilines is 1. The van der Waals surface area contributed by atoms with E-state index < -0.39 is 0 Å². The van der Waals surface area contributed by atoms with E-state index in [0.717, 1.165) is 58.7 Å². The molecular weight excluding hydrogens is 470 g/mol. The first-order valence-electron chi connectivity index (χ1n) is 14.0. The van der Waals surface area contributed by atoms with E-state index in [4.69, 9.17) is 0 Å². The average molecular weight is 508 g/mol. The Bertz CT molecular complexity index is 1340. The van der Waals surface area contributed by atoms with Crippen LogP contribution < -0.4 is 10.6 Å². The number of nitrogens with zero attached hydrogens (tertiary/aromatic N) is 3. The second-order valence-electron chi connectivity index (χ2n) is 10.9. The number of aromatic nitrogens is 1. The van der Waals surface area contributed by atoms with Crippen LogP contribution in [0.25, 0.3) is 16.7 Å². The maximum absolute atomic E-state index is 13.7. The predicted octanol–water partition coefficient (Wildman–Crippen LogP) is 5.14. The molecule has 4 heterocycles. The molecule has 0 radical (unpaired) electrons. The number of likely N-dealkylation sites (tertiary alicyclic amines) is 2. The Morgan fingerprint density at radius 3 is 2.58 bits per heavy atom. The average Bonchev–Trinajstić information content (AvgIpc) is 3.32. The predicted molar refractivity (Wildman–Crippen MR) is 154 cm³/mol. The lowest BCUT2D eigenvalue weighted by Gasteiger charge is -2.30. The van der Waals surface area contributed by atoms with Crippen LogP contribution in [-0.2, 0) is 11.3 Å². The fourth-order valence-electron chi connectivity index (χ4n) is 5.75. The Balaban J connectivity index is 1.19. The van der Waals surface area contributed by atoms with Gasteiger partial charge in [0, 0.05) is 60.1 Å². The molecule has 6 rings (SSSR count). The minimum absolute atomic E-state index is 0.0500. The largest absolute Gasteiger partial charge is 0.381 e. The van der Waals surface area contributed by atoms with Crippen molar-refractivity contribution in [1.82, 2.24) is 20.1 Å². The van der Waals surface area contributed by atoms with Crippen molar-refractivity contribution in [3.8, 4) is 11.1 Å². The molecule has 3 aliphatic heterocycles. The lowest BCUT2D eigenvalue weighted by atomic mass is 9.91. The topological polar surface area (TPSA) is 60.5 Å². The van der Waals surface area contributed by atoms with Gasteiger partial charge >= 0.3 is 0 Å². The Morgan fingerprint density at radius 2 is 1.76 bits per heavy atom.